The quantitative estimate of drug-likeness (QED) is 0.807. The number of aromatic nitrogens is 3. The lowest BCUT2D eigenvalue weighted by Crippen LogP contribution is -1.93. The van der Waals surface area contributed by atoms with E-state index in [1.807, 2.05) is 13.1 Å². The first-order valence-electron chi connectivity index (χ1n) is 4.01. The third-order valence-electron chi connectivity index (χ3n) is 1.90. The molecule has 0 aliphatic heterocycles. The molecule has 0 aromatic carbocycles. The molecule has 2 N–H and O–H groups in total. The van der Waals surface area contributed by atoms with Gasteiger partial charge in [-0.1, -0.05) is 0 Å². The molecule has 0 aliphatic carbocycles. The van der Waals surface area contributed by atoms with Gasteiger partial charge in [0.2, 0.25) is 5.88 Å². The number of anilines is 1. The zero-order valence-electron chi connectivity index (χ0n) is 7.89. The van der Waals surface area contributed by atoms with Crippen LogP contribution in [0.3, 0.4) is 0 Å². The van der Waals surface area contributed by atoms with Crippen molar-refractivity contribution in [3.8, 4) is 16.5 Å². The molecule has 2 rings (SSSR count). The van der Waals surface area contributed by atoms with Gasteiger partial charge < -0.3 is 10.5 Å². The van der Waals surface area contributed by atoms with Crippen molar-refractivity contribution >= 4 is 17.2 Å². The summed E-state index contributed by atoms with van der Waals surface area (Å²) in [5.41, 5.74) is 7.31. The van der Waals surface area contributed by atoms with Crippen LogP contribution in [0.2, 0.25) is 0 Å². The van der Waals surface area contributed by atoms with Crippen LogP contribution < -0.4 is 10.5 Å². The van der Waals surface area contributed by atoms with E-state index in [-0.39, 0.29) is 0 Å². The van der Waals surface area contributed by atoms with Crippen molar-refractivity contribution in [1.82, 2.24) is 14.2 Å². The van der Waals surface area contributed by atoms with E-state index in [2.05, 4.69) is 9.47 Å². The van der Waals surface area contributed by atoms with Crippen LogP contribution in [0.1, 0.15) is 0 Å². The predicted octanol–water partition coefficient (Wildman–Crippen LogP) is 1.13. The van der Waals surface area contributed by atoms with Gasteiger partial charge in [0.1, 0.15) is 5.69 Å². The summed E-state index contributed by atoms with van der Waals surface area (Å²) in [6.07, 6.45) is 1.63. The fraction of sp³-hybridized carbons (Fsp3) is 0.250. The molecule has 5 nitrogen and oxygen atoms in total. The first-order valence-corrected chi connectivity index (χ1v) is 4.78. The van der Waals surface area contributed by atoms with Crippen molar-refractivity contribution in [2.24, 2.45) is 7.05 Å². The number of nitrogens with zero attached hydrogens (tertiary/aromatic N) is 3. The maximum absolute atomic E-state index is 5.78. The molecule has 0 saturated carbocycles. The molecule has 0 aliphatic rings. The Balaban J connectivity index is 2.48. The molecule has 74 valence electrons. The van der Waals surface area contributed by atoms with Gasteiger partial charge in [-0.2, -0.15) is 9.47 Å². The Bertz CT molecular complexity index is 428. The Morgan fingerprint density at radius 2 is 2.36 bits per heavy atom. The summed E-state index contributed by atoms with van der Waals surface area (Å²) >= 11 is 1.34. The first-order chi connectivity index (χ1) is 6.72. The Morgan fingerprint density at radius 3 is 2.86 bits per heavy atom. The van der Waals surface area contributed by atoms with Crippen molar-refractivity contribution in [2.75, 3.05) is 12.8 Å². The Kier molecular flexibility index (Phi) is 2.12. The lowest BCUT2D eigenvalue weighted by molar-refractivity contribution is 0.403. The second-order valence-electron chi connectivity index (χ2n) is 2.81. The molecule has 0 radical (unpaired) electrons. The molecule has 14 heavy (non-hydrogen) atoms. The van der Waals surface area contributed by atoms with Gasteiger partial charge in [0, 0.05) is 13.1 Å². The molecule has 2 heterocycles. The first kappa shape index (κ1) is 9.01. The Morgan fingerprint density at radius 1 is 1.57 bits per heavy atom. The summed E-state index contributed by atoms with van der Waals surface area (Å²) in [6, 6.07) is 1.85. The smallest absolute Gasteiger partial charge is 0.225 e. The summed E-state index contributed by atoms with van der Waals surface area (Å²) in [5.74, 6) is 0.602. The van der Waals surface area contributed by atoms with E-state index in [4.69, 9.17) is 10.5 Å². The van der Waals surface area contributed by atoms with E-state index < -0.39 is 0 Å². The highest BCUT2D eigenvalue weighted by Crippen LogP contribution is 2.31. The predicted molar refractivity (Wildman–Crippen MR) is 55.3 cm³/mol. The summed E-state index contributed by atoms with van der Waals surface area (Å²) in [6.45, 7) is 0. The molecule has 0 unspecified atom stereocenters. The highest BCUT2D eigenvalue weighted by molar-refractivity contribution is 7.09. The van der Waals surface area contributed by atoms with Crippen LogP contribution in [-0.4, -0.2) is 21.3 Å². The fourth-order valence-electron chi connectivity index (χ4n) is 1.22. The van der Waals surface area contributed by atoms with Crippen molar-refractivity contribution in [2.45, 2.75) is 0 Å². The van der Waals surface area contributed by atoms with Crippen LogP contribution in [0.4, 0.5) is 5.69 Å². The van der Waals surface area contributed by atoms with E-state index in [1.54, 1.807) is 18.0 Å². The highest BCUT2D eigenvalue weighted by atomic mass is 32.1. The standard InChI is InChI=1S/C8H10N4OS/c1-12-8(5(9)4-10-12)6-3-7(13-2)11-14-6/h3-4H,9H2,1-2H3. The van der Waals surface area contributed by atoms with Crippen LogP contribution in [0.25, 0.3) is 10.6 Å². The lowest BCUT2D eigenvalue weighted by atomic mass is 10.3. The van der Waals surface area contributed by atoms with Crippen molar-refractivity contribution in [3.63, 3.8) is 0 Å². The largest absolute Gasteiger partial charge is 0.480 e. The maximum atomic E-state index is 5.78. The van der Waals surface area contributed by atoms with Gasteiger partial charge in [-0.3, -0.25) is 4.68 Å². The molecule has 0 amide bonds. The highest BCUT2D eigenvalue weighted by Gasteiger charge is 2.11. The Hall–Kier alpha value is -1.56. The van der Waals surface area contributed by atoms with Crippen LogP contribution in [0, 0.1) is 0 Å². The average molecular weight is 210 g/mol. The monoisotopic (exact) mass is 210 g/mol. The average Bonchev–Trinajstić information content (AvgIpc) is 2.73. The normalized spacial score (nSPS) is 10.4. The lowest BCUT2D eigenvalue weighted by Gasteiger charge is -1.97. The second-order valence-corrected chi connectivity index (χ2v) is 3.61. The number of hydrogen-bond donors (Lipinski definition) is 1. The van der Waals surface area contributed by atoms with Crippen molar-refractivity contribution in [3.05, 3.63) is 12.3 Å². The van der Waals surface area contributed by atoms with E-state index in [9.17, 15) is 0 Å². The van der Waals surface area contributed by atoms with E-state index >= 15 is 0 Å². The number of nitrogen functional groups attached to an aromatic ring is 1. The fourth-order valence-corrected chi connectivity index (χ4v) is 2.03. The molecule has 0 bridgehead atoms. The third kappa shape index (κ3) is 1.33. The number of aryl methyl sites for hydroxylation is 1. The van der Waals surface area contributed by atoms with E-state index in [1.165, 1.54) is 11.5 Å². The van der Waals surface area contributed by atoms with Gasteiger partial charge in [-0.05, 0) is 11.5 Å². The molecule has 0 atom stereocenters. The second kappa shape index (κ2) is 3.30. The van der Waals surface area contributed by atoms with Gasteiger partial charge >= 0.3 is 0 Å². The maximum Gasteiger partial charge on any atom is 0.225 e. The number of ether oxygens (including phenoxy) is 1. The van der Waals surface area contributed by atoms with Crippen molar-refractivity contribution in [1.29, 1.82) is 0 Å². The number of nitrogens with two attached hydrogens (primary N) is 1. The van der Waals surface area contributed by atoms with Crippen LogP contribution >= 0.6 is 11.5 Å². The summed E-state index contributed by atoms with van der Waals surface area (Å²) in [5, 5.41) is 4.06. The summed E-state index contributed by atoms with van der Waals surface area (Å²) in [4.78, 5) is 0.958. The minimum absolute atomic E-state index is 0.602. The number of hydrogen-bond acceptors (Lipinski definition) is 5. The van der Waals surface area contributed by atoms with E-state index in [0.29, 0.717) is 11.6 Å². The molecule has 0 spiro atoms. The Labute approximate surface area is 85.3 Å². The molecular formula is C8H10N4OS. The van der Waals surface area contributed by atoms with Crippen LogP contribution in [-0.2, 0) is 7.05 Å². The van der Waals surface area contributed by atoms with Crippen molar-refractivity contribution < 1.29 is 4.74 Å². The zero-order chi connectivity index (χ0) is 10.1. The number of rotatable bonds is 2. The minimum atomic E-state index is 0.602. The molecule has 2 aromatic heterocycles. The molecule has 0 saturated heterocycles. The molecule has 2 aromatic rings. The number of methoxy groups -OCH3 is 1. The summed E-state index contributed by atoms with van der Waals surface area (Å²) in [7, 11) is 3.43. The minimum Gasteiger partial charge on any atom is -0.480 e. The van der Waals surface area contributed by atoms with Crippen LogP contribution in [0.15, 0.2) is 12.3 Å². The molecule has 0 fully saturated rings. The SMILES string of the molecule is COc1cc(-c2c(N)cnn2C)sn1. The van der Waals surface area contributed by atoms with Gasteiger partial charge in [0.15, 0.2) is 0 Å². The van der Waals surface area contributed by atoms with E-state index in [0.717, 1.165) is 10.6 Å². The van der Waals surface area contributed by atoms with Gasteiger partial charge in [-0.15, -0.1) is 0 Å². The third-order valence-corrected chi connectivity index (χ3v) is 2.68. The molecular weight excluding hydrogens is 200 g/mol. The molecule has 6 heteroatoms. The van der Waals surface area contributed by atoms with Gasteiger partial charge in [0.25, 0.3) is 0 Å². The zero-order valence-corrected chi connectivity index (χ0v) is 8.71. The topological polar surface area (TPSA) is 66.0 Å². The van der Waals surface area contributed by atoms with Crippen LogP contribution in [0.5, 0.6) is 5.88 Å². The van der Waals surface area contributed by atoms with Gasteiger partial charge in [0.05, 0.1) is 23.9 Å². The van der Waals surface area contributed by atoms with Gasteiger partial charge in [-0.25, -0.2) is 0 Å². The summed E-state index contributed by atoms with van der Waals surface area (Å²) < 4.78 is 10.8.